The zero-order valence-corrected chi connectivity index (χ0v) is 24.2. The van der Waals surface area contributed by atoms with Crippen LogP contribution in [0.3, 0.4) is 0 Å². The molecule has 1 N–H and O–H groups in total. The average molecular weight is 584 g/mol. The summed E-state index contributed by atoms with van der Waals surface area (Å²) in [6.07, 6.45) is 0.322. The van der Waals surface area contributed by atoms with Crippen LogP contribution in [-0.2, 0) is 22.6 Å². The lowest BCUT2D eigenvalue weighted by Crippen LogP contribution is -2.55. The second-order valence-electron chi connectivity index (χ2n) is 10.7. The molecular weight excluding hydrogens is 547 g/mol. The van der Waals surface area contributed by atoms with Crippen molar-refractivity contribution in [2.24, 2.45) is 0 Å². The van der Waals surface area contributed by atoms with Gasteiger partial charge >= 0.3 is 0 Å². The molecule has 3 aromatic rings. The molecule has 0 radical (unpaired) electrons. The highest BCUT2D eigenvalue weighted by Crippen LogP contribution is 2.29. The van der Waals surface area contributed by atoms with Crippen molar-refractivity contribution >= 4 is 27.7 Å². The molecule has 0 aliphatic carbocycles. The minimum atomic E-state index is -0.801. The number of nitrogens with one attached hydrogen (secondary N) is 1. The van der Waals surface area contributed by atoms with Crippen LogP contribution in [0.4, 0.5) is 4.39 Å². The van der Waals surface area contributed by atoms with Crippen molar-refractivity contribution < 1.29 is 18.7 Å². The quantitative estimate of drug-likeness (QED) is 0.291. The summed E-state index contributed by atoms with van der Waals surface area (Å²) in [7, 11) is 0. The van der Waals surface area contributed by atoms with Crippen LogP contribution in [-0.4, -0.2) is 34.9 Å². The molecule has 3 aromatic carbocycles. The normalized spacial score (nSPS) is 12.2. The van der Waals surface area contributed by atoms with E-state index in [1.54, 1.807) is 12.1 Å². The van der Waals surface area contributed by atoms with Crippen molar-refractivity contribution in [3.8, 4) is 5.75 Å². The van der Waals surface area contributed by atoms with Gasteiger partial charge in [-0.05, 0) is 83.6 Å². The Morgan fingerprint density at radius 3 is 2.21 bits per heavy atom. The van der Waals surface area contributed by atoms with E-state index in [0.717, 1.165) is 15.6 Å². The van der Waals surface area contributed by atoms with Gasteiger partial charge in [0, 0.05) is 18.5 Å². The highest BCUT2D eigenvalue weighted by Gasteiger charge is 2.32. The Morgan fingerprint density at radius 2 is 1.63 bits per heavy atom. The molecule has 0 saturated heterocycles. The number of nitrogens with zero attached hydrogens (tertiary/aromatic N) is 1. The molecule has 2 amide bonds. The van der Waals surface area contributed by atoms with Crippen LogP contribution in [0.5, 0.6) is 5.75 Å². The van der Waals surface area contributed by atoms with Crippen molar-refractivity contribution in [1.82, 2.24) is 10.2 Å². The first kappa shape index (κ1) is 29.4. The fourth-order valence-electron chi connectivity index (χ4n) is 4.01. The van der Waals surface area contributed by atoms with Gasteiger partial charge in [-0.2, -0.15) is 0 Å². The van der Waals surface area contributed by atoms with Crippen LogP contribution in [0.15, 0.2) is 77.3 Å². The lowest BCUT2D eigenvalue weighted by molar-refractivity contribution is -0.143. The Kier molecular flexibility index (Phi) is 10.1. The Bertz CT molecular complexity index is 1220. The fourth-order valence-corrected chi connectivity index (χ4v) is 4.52. The van der Waals surface area contributed by atoms with Gasteiger partial charge in [-0.15, -0.1) is 0 Å². The Morgan fingerprint density at radius 1 is 0.974 bits per heavy atom. The van der Waals surface area contributed by atoms with Gasteiger partial charge in [0.1, 0.15) is 17.6 Å². The zero-order chi connectivity index (χ0) is 27.9. The van der Waals surface area contributed by atoms with Gasteiger partial charge in [0.25, 0.3) is 5.91 Å². The van der Waals surface area contributed by atoms with E-state index in [1.165, 1.54) is 17.0 Å². The van der Waals surface area contributed by atoms with Gasteiger partial charge < -0.3 is 15.0 Å². The van der Waals surface area contributed by atoms with Gasteiger partial charge in [-0.3, -0.25) is 9.59 Å². The summed E-state index contributed by atoms with van der Waals surface area (Å²) in [5.74, 6) is -0.0779. The molecule has 7 heteroatoms. The number of benzene rings is 3. The number of ether oxygens (including phenoxy) is 1. The van der Waals surface area contributed by atoms with Crippen LogP contribution in [0, 0.1) is 5.82 Å². The lowest BCUT2D eigenvalue weighted by Gasteiger charge is -2.33. The van der Waals surface area contributed by atoms with Crippen molar-refractivity contribution in [2.45, 2.75) is 65.1 Å². The smallest absolute Gasteiger partial charge is 0.261 e. The Balaban J connectivity index is 1.92. The molecule has 202 valence electrons. The fraction of sp³-hybridized carbons (Fsp3) is 0.355. The molecule has 5 nitrogen and oxygen atoms in total. The van der Waals surface area contributed by atoms with E-state index in [1.807, 2.05) is 69.3 Å². The number of hydrogen-bond acceptors (Lipinski definition) is 3. The van der Waals surface area contributed by atoms with E-state index in [-0.39, 0.29) is 30.8 Å². The molecule has 0 heterocycles. The monoisotopic (exact) mass is 582 g/mol. The Labute approximate surface area is 233 Å². The van der Waals surface area contributed by atoms with Crippen molar-refractivity contribution in [1.29, 1.82) is 0 Å². The summed E-state index contributed by atoms with van der Waals surface area (Å²) in [6, 6.07) is 20.5. The predicted molar refractivity (Wildman–Crippen MR) is 153 cm³/mol. The lowest BCUT2D eigenvalue weighted by atomic mass is 10.0. The van der Waals surface area contributed by atoms with Gasteiger partial charge in [0.15, 0.2) is 6.61 Å². The first-order valence-electron chi connectivity index (χ1n) is 12.7. The number of carbonyl (C=O) groups excluding carboxylic acids is 2. The summed E-state index contributed by atoms with van der Waals surface area (Å²) < 4.78 is 20.3. The molecule has 0 aliphatic rings. The molecule has 0 spiro atoms. The maximum atomic E-state index is 13.7. The van der Waals surface area contributed by atoms with E-state index in [9.17, 15) is 14.0 Å². The molecule has 0 fully saturated rings. The topological polar surface area (TPSA) is 58.6 Å². The number of amides is 2. The van der Waals surface area contributed by atoms with Crippen molar-refractivity contribution in [2.75, 3.05) is 6.61 Å². The van der Waals surface area contributed by atoms with E-state index in [4.69, 9.17) is 4.74 Å². The van der Waals surface area contributed by atoms with Crippen LogP contribution >= 0.6 is 15.9 Å². The standard InChI is InChI=1S/C31H36BrFN2O3/c1-21(2)24-13-16-28(26(32)18-24)38-20-29(36)35(19-23-11-14-25(33)15-12-23)27(30(37)34-31(3,4)5)17-22-9-7-6-8-10-22/h6-16,18,21,27H,17,19-20H2,1-5H3,(H,34,37)/t27-/m1/s1. The highest BCUT2D eigenvalue weighted by molar-refractivity contribution is 9.10. The molecular formula is C31H36BrFN2O3. The third kappa shape index (κ3) is 8.69. The molecule has 38 heavy (non-hydrogen) atoms. The predicted octanol–water partition coefficient (Wildman–Crippen LogP) is 6.65. The van der Waals surface area contributed by atoms with Crippen LogP contribution < -0.4 is 10.1 Å². The van der Waals surface area contributed by atoms with Crippen LogP contribution in [0.2, 0.25) is 0 Å². The summed E-state index contributed by atoms with van der Waals surface area (Å²) in [4.78, 5) is 28.8. The molecule has 0 aliphatic heterocycles. The number of carbonyl (C=O) groups is 2. The van der Waals surface area contributed by atoms with Gasteiger partial charge in [0.2, 0.25) is 5.91 Å². The highest BCUT2D eigenvalue weighted by atomic mass is 79.9. The number of halogens is 2. The van der Waals surface area contributed by atoms with E-state index in [2.05, 4.69) is 35.1 Å². The van der Waals surface area contributed by atoms with E-state index in [0.29, 0.717) is 23.7 Å². The van der Waals surface area contributed by atoms with Crippen LogP contribution in [0.1, 0.15) is 57.2 Å². The van der Waals surface area contributed by atoms with E-state index >= 15 is 0 Å². The van der Waals surface area contributed by atoms with Gasteiger partial charge in [-0.1, -0.05) is 62.4 Å². The summed E-state index contributed by atoms with van der Waals surface area (Å²) in [5, 5.41) is 3.03. The Hall–Kier alpha value is -3.19. The molecule has 0 unspecified atom stereocenters. The van der Waals surface area contributed by atoms with Crippen molar-refractivity contribution in [3.05, 3.63) is 99.8 Å². The summed E-state index contributed by atoms with van der Waals surface area (Å²) >= 11 is 3.54. The zero-order valence-electron chi connectivity index (χ0n) is 22.6. The second kappa shape index (κ2) is 13.1. The number of rotatable bonds is 10. The third-order valence-electron chi connectivity index (χ3n) is 6.01. The SMILES string of the molecule is CC(C)c1ccc(OCC(=O)N(Cc2ccc(F)cc2)[C@H](Cc2ccccc2)C(=O)NC(C)(C)C)c(Br)c1. The first-order valence-corrected chi connectivity index (χ1v) is 13.5. The molecule has 0 saturated carbocycles. The minimum Gasteiger partial charge on any atom is -0.483 e. The minimum absolute atomic E-state index is 0.130. The van der Waals surface area contributed by atoms with E-state index < -0.39 is 11.6 Å². The van der Waals surface area contributed by atoms with Crippen LogP contribution in [0.25, 0.3) is 0 Å². The number of hydrogen-bond donors (Lipinski definition) is 1. The van der Waals surface area contributed by atoms with Crippen molar-refractivity contribution in [3.63, 3.8) is 0 Å². The third-order valence-corrected chi connectivity index (χ3v) is 6.63. The maximum Gasteiger partial charge on any atom is 0.261 e. The molecule has 1 atom stereocenters. The molecule has 0 aromatic heterocycles. The average Bonchev–Trinajstić information content (AvgIpc) is 2.85. The van der Waals surface area contributed by atoms with Gasteiger partial charge in [0.05, 0.1) is 4.47 Å². The second-order valence-corrected chi connectivity index (χ2v) is 11.6. The summed E-state index contributed by atoms with van der Waals surface area (Å²) in [5.41, 5.74) is 2.29. The molecule has 0 bridgehead atoms. The largest absolute Gasteiger partial charge is 0.483 e. The first-order chi connectivity index (χ1) is 17.9. The summed E-state index contributed by atoms with van der Waals surface area (Å²) in [6.45, 7) is 9.79. The maximum absolute atomic E-state index is 13.7. The molecule has 3 rings (SSSR count). The van der Waals surface area contributed by atoms with Gasteiger partial charge in [-0.25, -0.2) is 4.39 Å².